The first kappa shape index (κ1) is 17.7. The highest BCUT2D eigenvalue weighted by Gasteiger charge is 2.05. The van der Waals surface area contributed by atoms with Crippen LogP contribution in [0, 0.1) is 5.82 Å². The predicted octanol–water partition coefficient (Wildman–Crippen LogP) is 2.40. The molecule has 0 saturated heterocycles. The van der Waals surface area contributed by atoms with Crippen LogP contribution in [0.15, 0.2) is 48.5 Å². The molecule has 6 heteroatoms. The Labute approximate surface area is 140 Å². The van der Waals surface area contributed by atoms with Gasteiger partial charge in [0.15, 0.2) is 0 Å². The molecule has 0 heterocycles. The normalized spacial score (nSPS) is 10.2. The average Bonchev–Trinajstić information content (AvgIpc) is 2.61. The van der Waals surface area contributed by atoms with Crippen molar-refractivity contribution in [2.75, 3.05) is 26.4 Å². The van der Waals surface area contributed by atoms with Crippen molar-refractivity contribution in [2.24, 2.45) is 0 Å². The number of carbonyl (C=O) groups excluding carboxylic acids is 1. The van der Waals surface area contributed by atoms with Gasteiger partial charge in [-0.05, 0) is 42.5 Å². The molecule has 24 heavy (non-hydrogen) atoms. The Hall–Kier alpha value is -2.60. The van der Waals surface area contributed by atoms with E-state index in [0.717, 1.165) is 0 Å². The summed E-state index contributed by atoms with van der Waals surface area (Å²) in [5, 5.41) is 11.3. The summed E-state index contributed by atoms with van der Waals surface area (Å²) in [6, 6.07) is 12.7. The lowest BCUT2D eigenvalue weighted by Crippen LogP contribution is -2.26. The first-order valence-electron chi connectivity index (χ1n) is 7.69. The van der Waals surface area contributed by atoms with E-state index in [4.69, 9.17) is 14.6 Å². The van der Waals surface area contributed by atoms with Crippen LogP contribution >= 0.6 is 0 Å². The Kier molecular flexibility index (Phi) is 7.04. The van der Waals surface area contributed by atoms with Crippen molar-refractivity contribution in [2.45, 2.75) is 6.42 Å². The molecule has 0 atom stereocenters. The molecule has 2 N–H and O–H groups in total. The van der Waals surface area contributed by atoms with Crippen LogP contribution in [-0.4, -0.2) is 37.4 Å². The lowest BCUT2D eigenvalue weighted by Gasteiger charge is -2.09. The Balaban J connectivity index is 1.72. The van der Waals surface area contributed by atoms with Crippen molar-refractivity contribution in [1.82, 2.24) is 5.32 Å². The van der Waals surface area contributed by atoms with Crippen molar-refractivity contribution in [1.29, 1.82) is 0 Å². The molecular formula is C18H20FNO4. The minimum atomic E-state index is -0.298. The van der Waals surface area contributed by atoms with Gasteiger partial charge in [-0.25, -0.2) is 4.39 Å². The third kappa shape index (κ3) is 5.89. The number of aliphatic hydroxyl groups is 1. The number of halogens is 1. The Morgan fingerprint density at radius 2 is 1.75 bits per heavy atom. The first-order valence-corrected chi connectivity index (χ1v) is 7.69. The van der Waals surface area contributed by atoms with Gasteiger partial charge >= 0.3 is 0 Å². The van der Waals surface area contributed by atoms with Crippen molar-refractivity contribution in [3.05, 3.63) is 59.9 Å². The maximum absolute atomic E-state index is 12.8. The molecule has 2 rings (SSSR count). The van der Waals surface area contributed by atoms with Gasteiger partial charge in [0.2, 0.25) is 0 Å². The van der Waals surface area contributed by atoms with Gasteiger partial charge in [0, 0.05) is 18.5 Å². The number of rotatable bonds is 9. The molecule has 0 aromatic heterocycles. The van der Waals surface area contributed by atoms with Crippen LogP contribution in [0.2, 0.25) is 0 Å². The number of carbonyl (C=O) groups is 1. The van der Waals surface area contributed by atoms with Crippen molar-refractivity contribution < 1.29 is 23.8 Å². The summed E-state index contributed by atoms with van der Waals surface area (Å²) in [6.45, 7) is 0.992. The van der Waals surface area contributed by atoms with E-state index in [1.54, 1.807) is 36.4 Å². The van der Waals surface area contributed by atoms with Gasteiger partial charge in [-0.3, -0.25) is 4.79 Å². The zero-order valence-electron chi connectivity index (χ0n) is 13.2. The van der Waals surface area contributed by atoms with Crippen LogP contribution in [0.4, 0.5) is 4.39 Å². The van der Waals surface area contributed by atoms with Gasteiger partial charge in [-0.2, -0.15) is 0 Å². The summed E-state index contributed by atoms with van der Waals surface area (Å²) in [5.41, 5.74) is 0.475. The highest BCUT2D eigenvalue weighted by atomic mass is 19.1. The van der Waals surface area contributed by atoms with E-state index in [1.165, 1.54) is 12.1 Å². The molecule has 128 valence electrons. The van der Waals surface area contributed by atoms with Gasteiger partial charge in [0.1, 0.15) is 17.3 Å². The topological polar surface area (TPSA) is 67.8 Å². The van der Waals surface area contributed by atoms with Crippen LogP contribution in [0.1, 0.15) is 16.8 Å². The van der Waals surface area contributed by atoms with Crippen LogP contribution < -0.4 is 14.8 Å². The number of hydrogen-bond donors (Lipinski definition) is 2. The van der Waals surface area contributed by atoms with Crippen LogP contribution in [0.3, 0.4) is 0 Å². The average molecular weight is 333 g/mol. The van der Waals surface area contributed by atoms with E-state index in [0.29, 0.717) is 36.7 Å². The van der Waals surface area contributed by atoms with Gasteiger partial charge in [-0.1, -0.05) is 6.07 Å². The minimum absolute atomic E-state index is 0.101. The summed E-state index contributed by atoms with van der Waals surface area (Å²) < 4.78 is 23.8. The second kappa shape index (κ2) is 9.52. The molecule has 5 nitrogen and oxygen atoms in total. The number of hydrogen-bond acceptors (Lipinski definition) is 4. The van der Waals surface area contributed by atoms with E-state index >= 15 is 0 Å². The third-order valence-electron chi connectivity index (χ3n) is 3.13. The number of nitrogens with one attached hydrogen (secondary N) is 1. The Morgan fingerprint density at radius 1 is 1.04 bits per heavy atom. The fraction of sp³-hybridized carbons (Fsp3) is 0.278. The molecule has 1 amide bonds. The Morgan fingerprint density at radius 3 is 2.46 bits per heavy atom. The van der Waals surface area contributed by atoms with Gasteiger partial charge in [-0.15, -0.1) is 0 Å². The fourth-order valence-electron chi connectivity index (χ4n) is 1.97. The standard InChI is InChI=1S/C18H20FNO4/c19-15-5-7-16(8-6-15)23-11-2-12-24-17-4-1-3-14(13-17)18(22)20-9-10-21/h1,3-8,13,21H,2,9-12H2,(H,20,22). The third-order valence-corrected chi connectivity index (χ3v) is 3.13. The zero-order chi connectivity index (χ0) is 17.2. The second-order valence-electron chi connectivity index (χ2n) is 5.01. The van der Waals surface area contributed by atoms with Crippen LogP contribution in [0.5, 0.6) is 11.5 Å². The van der Waals surface area contributed by atoms with Gasteiger partial charge < -0.3 is 19.9 Å². The second-order valence-corrected chi connectivity index (χ2v) is 5.01. The van der Waals surface area contributed by atoms with Crippen LogP contribution in [-0.2, 0) is 0 Å². The maximum Gasteiger partial charge on any atom is 0.251 e. The smallest absolute Gasteiger partial charge is 0.251 e. The molecule has 0 unspecified atom stereocenters. The molecule has 0 fully saturated rings. The fourth-order valence-corrected chi connectivity index (χ4v) is 1.97. The number of benzene rings is 2. The zero-order valence-corrected chi connectivity index (χ0v) is 13.2. The van der Waals surface area contributed by atoms with Crippen molar-refractivity contribution in [3.8, 4) is 11.5 Å². The maximum atomic E-state index is 12.8. The van der Waals surface area contributed by atoms with E-state index in [9.17, 15) is 9.18 Å². The lowest BCUT2D eigenvalue weighted by molar-refractivity contribution is 0.0944. The summed E-state index contributed by atoms with van der Waals surface area (Å²) in [5.74, 6) is 0.648. The first-order chi connectivity index (χ1) is 11.7. The minimum Gasteiger partial charge on any atom is -0.493 e. The highest BCUT2D eigenvalue weighted by Crippen LogP contribution is 2.14. The largest absolute Gasteiger partial charge is 0.493 e. The molecular weight excluding hydrogens is 313 g/mol. The SMILES string of the molecule is O=C(NCCO)c1cccc(OCCCOc2ccc(F)cc2)c1. The van der Waals surface area contributed by atoms with E-state index in [1.807, 2.05) is 0 Å². The molecule has 0 aliphatic carbocycles. The van der Waals surface area contributed by atoms with E-state index < -0.39 is 0 Å². The summed E-state index contributed by atoms with van der Waals surface area (Å²) in [7, 11) is 0. The monoisotopic (exact) mass is 333 g/mol. The molecule has 0 bridgehead atoms. The Bertz CT molecular complexity index is 646. The van der Waals surface area contributed by atoms with Crippen molar-refractivity contribution >= 4 is 5.91 Å². The molecule has 2 aromatic rings. The molecule has 0 aliphatic heterocycles. The van der Waals surface area contributed by atoms with Gasteiger partial charge in [0.05, 0.1) is 19.8 Å². The molecule has 0 spiro atoms. The number of ether oxygens (including phenoxy) is 2. The van der Waals surface area contributed by atoms with E-state index in [2.05, 4.69) is 5.32 Å². The summed E-state index contributed by atoms with van der Waals surface area (Å²) in [6.07, 6.45) is 0.651. The molecule has 0 aliphatic rings. The summed E-state index contributed by atoms with van der Waals surface area (Å²) >= 11 is 0. The molecule has 2 aromatic carbocycles. The predicted molar refractivity (Wildman–Crippen MR) is 87.9 cm³/mol. The quantitative estimate of drug-likeness (QED) is 0.692. The molecule has 0 saturated carbocycles. The highest BCUT2D eigenvalue weighted by molar-refractivity contribution is 5.94. The number of aliphatic hydroxyl groups excluding tert-OH is 1. The van der Waals surface area contributed by atoms with Gasteiger partial charge in [0.25, 0.3) is 5.91 Å². The van der Waals surface area contributed by atoms with E-state index in [-0.39, 0.29) is 24.9 Å². The number of amides is 1. The summed E-state index contributed by atoms with van der Waals surface area (Å²) in [4.78, 5) is 11.8. The van der Waals surface area contributed by atoms with Crippen LogP contribution in [0.25, 0.3) is 0 Å². The van der Waals surface area contributed by atoms with Crippen molar-refractivity contribution in [3.63, 3.8) is 0 Å². The lowest BCUT2D eigenvalue weighted by atomic mass is 10.2. The molecule has 0 radical (unpaired) electrons.